The van der Waals surface area contributed by atoms with E-state index in [0.717, 1.165) is 22.2 Å². The highest BCUT2D eigenvalue weighted by atomic mass is 32.2. The normalized spacial score (nSPS) is 15.2. The van der Waals surface area contributed by atoms with Gasteiger partial charge in [0.15, 0.2) is 0 Å². The van der Waals surface area contributed by atoms with E-state index in [0.29, 0.717) is 36.6 Å². The van der Waals surface area contributed by atoms with E-state index >= 15 is 0 Å². The number of nitrogens with zero attached hydrogens (tertiary/aromatic N) is 3. The molecule has 2 aromatic carbocycles. The van der Waals surface area contributed by atoms with E-state index in [1.165, 1.54) is 18.5 Å². The summed E-state index contributed by atoms with van der Waals surface area (Å²) in [7, 11) is -2.29. The van der Waals surface area contributed by atoms with Gasteiger partial charge in [-0.15, -0.1) is 0 Å². The van der Waals surface area contributed by atoms with Gasteiger partial charge in [-0.25, -0.2) is 18.6 Å². The van der Waals surface area contributed by atoms with Crippen LogP contribution in [-0.4, -0.2) is 52.8 Å². The SMILES string of the molecule is Cc1cc(N=S(C)(C)=O)cc2ncnc(Cc3ccc(F)cc3OC3COCOC3)c12. The largest absolute Gasteiger partial charge is 0.485 e. The number of aromatic nitrogens is 2. The standard InChI is InChI=1S/C22H24FN3O4S/c1-14-6-17(26-31(2,3)27)9-20-22(14)19(24-12-25-20)7-15-4-5-16(23)8-21(15)30-18-10-28-13-29-11-18/h4-6,8-9,12,18H,7,10-11,13H2,1-3H3. The van der Waals surface area contributed by atoms with E-state index in [-0.39, 0.29) is 18.7 Å². The van der Waals surface area contributed by atoms with Crippen molar-refractivity contribution in [1.82, 2.24) is 9.97 Å². The van der Waals surface area contributed by atoms with Crippen molar-refractivity contribution in [2.24, 2.45) is 4.36 Å². The Morgan fingerprint density at radius 1 is 1.19 bits per heavy atom. The van der Waals surface area contributed by atoms with Crippen LogP contribution in [0.4, 0.5) is 10.1 Å². The maximum absolute atomic E-state index is 13.9. The summed E-state index contributed by atoms with van der Waals surface area (Å²) in [6.07, 6.45) is 4.80. The van der Waals surface area contributed by atoms with E-state index in [9.17, 15) is 8.60 Å². The van der Waals surface area contributed by atoms with Crippen molar-refractivity contribution in [1.29, 1.82) is 0 Å². The molecule has 1 fully saturated rings. The zero-order valence-corrected chi connectivity index (χ0v) is 18.4. The minimum atomic E-state index is -2.29. The first kappa shape index (κ1) is 21.6. The minimum absolute atomic E-state index is 0.237. The Morgan fingerprint density at radius 3 is 2.71 bits per heavy atom. The molecule has 1 aliphatic rings. The Balaban J connectivity index is 1.71. The lowest BCUT2D eigenvalue weighted by molar-refractivity contribution is -0.143. The molecule has 0 saturated carbocycles. The van der Waals surface area contributed by atoms with Crippen LogP contribution in [0.15, 0.2) is 41.0 Å². The first-order valence-corrected chi connectivity index (χ1v) is 12.1. The Morgan fingerprint density at radius 2 is 1.97 bits per heavy atom. The van der Waals surface area contributed by atoms with Gasteiger partial charge in [-0.05, 0) is 30.7 Å². The van der Waals surface area contributed by atoms with Crippen LogP contribution in [0.25, 0.3) is 10.9 Å². The average Bonchev–Trinajstić information content (AvgIpc) is 2.69. The van der Waals surface area contributed by atoms with Gasteiger partial charge in [0.25, 0.3) is 0 Å². The summed E-state index contributed by atoms with van der Waals surface area (Å²) in [6.45, 7) is 2.95. The third-order valence-electron chi connectivity index (χ3n) is 4.78. The fourth-order valence-electron chi connectivity index (χ4n) is 3.57. The predicted octanol–water partition coefficient (Wildman–Crippen LogP) is 3.78. The van der Waals surface area contributed by atoms with Gasteiger partial charge in [0.1, 0.15) is 30.8 Å². The lowest BCUT2D eigenvalue weighted by Gasteiger charge is -2.24. The van der Waals surface area contributed by atoms with Gasteiger partial charge >= 0.3 is 0 Å². The highest BCUT2D eigenvalue weighted by Crippen LogP contribution is 2.30. The number of hydrogen-bond donors (Lipinski definition) is 0. The summed E-state index contributed by atoms with van der Waals surface area (Å²) >= 11 is 0. The number of fused-ring (bicyclic) bond motifs is 1. The Hall–Kier alpha value is -2.62. The highest BCUT2D eigenvalue weighted by molar-refractivity contribution is 7.92. The second kappa shape index (κ2) is 8.86. The lowest BCUT2D eigenvalue weighted by Crippen LogP contribution is -2.34. The number of rotatable bonds is 5. The van der Waals surface area contributed by atoms with Gasteiger partial charge in [0, 0.05) is 45.7 Å². The van der Waals surface area contributed by atoms with E-state index in [2.05, 4.69) is 14.3 Å². The summed E-state index contributed by atoms with van der Waals surface area (Å²) in [5.41, 5.74) is 3.84. The molecule has 0 unspecified atom stereocenters. The van der Waals surface area contributed by atoms with Crippen LogP contribution in [0.2, 0.25) is 0 Å². The molecular weight excluding hydrogens is 421 g/mol. The molecule has 9 heteroatoms. The molecule has 2 heterocycles. The molecule has 0 N–H and O–H groups in total. The number of hydrogen-bond acceptors (Lipinski definition) is 7. The molecule has 7 nitrogen and oxygen atoms in total. The Labute approximate surface area is 180 Å². The fourth-order valence-corrected chi connectivity index (χ4v) is 4.18. The molecule has 164 valence electrons. The average molecular weight is 446 g/mol. The molecule has 0 bridgehead atoms. The maximum Gasteiger partial charge on any atom is 0.147 e. The van der Waals surface area contributed by atoms with Crippen LogP contribution >= 0.6 is 0 Å². The van der Waals surface area contributed by atoms with Gasteiger partial charge in [-0.2, -0.15) is 4.36 Å². The zero-order valence-electron chi connectivity index (χ0n) is 17.6. The van der Waals surface area contributed by atoms with Crippen molar-refractivity contribution in [2.75, 3.05) is 32.5 Å². The van der Waals surface area contributed by atoms with Crippen molar-refractivity contribution in [3.05, 3.63) is 59.3 Å². The summed E-state index contributed by atoms with van der Waals surface area (Å²) in [5.74, 6) is 0.0564. The quantitative estimate of drug-likeness (QED) is 0.594. The van der Waals surface area contributed by atoms with E-state index in [1.54, 1.807) is 24.6 Å². The second-order valence-corrected chi connectivity index (χ2v) is 10.3. The van der Waals surface area contributed by atoms with Gasteiger partial charge in [-0.1, -0.05) is 6.07 Å². The van der Waals surface area contributed by atoms with Crippen LogP contribution in [0.5, 0.6) is 5.75 Å². The summed E-state index contributed by atoms with van der Waals surface area (Å²) < 4.78 is 46.8. The van der Waals surface area contributed by atoms with Gasteiger partial charge in [0.05, 0.1) is 30.1 Å². The van der Waals surface area contributed by atoms with E-state index in [1.807, 2.05) is 13.0 Å². The maximum atomic E-state index is 13.9. The molecule has 0 radical (unpaired) electrons. The second-order valence-electron chi connectivity index (χ2n) is 7.78. The molecule has 31 heavy (non-hydrogen) atoms. The molecule has 0 atom stereocenters. The first-order chi connectivity index (χ1) is 14.8. The Bertz CT molecular complexity index is 1230. The van der Waals surface area contributed by atoms with E-state index in [4.69, 9.17) is 14.2 Å². The lowest BCUT2D eigenvalue weighted by atomic mass is 10.0. The monoisotopic (exact) mass is 445 g/mol. The first-order valence-electron chi connectivity index (χ1n) is 9.80. The third kappa shape index (κ3) is 5.36. The highest BCUT2D eigenvalue weighted by Gasteiger charge is 2.19. The van der Waals surface area contributed by atoms with Crippen LogP contribution in [0.3, 0.4) is 0 Å². The zero-order chi connectivity index (χ0) is 22.0. The van der Waals surface area contributed by atoms with Crippen molar-refractivity contribution >= 4 is 26.3 Å². The molecule has 4 rings (SSSR count). The van der Waals surface area contributed by atoms with Gasteiger partial charge in [-0.3, -0.25) is 0 Å². The number of benzene rings is 2. The number of aryl methyl sites for hydroxylation is 1. The van der Waals surface area contributed by atoms with E-state index < -0.39 is 9.73 Å². The van der Waals surface area contributed by atoms with Crippen LogP contribution in [-0.2, 0) is 25.6 Å². The molecule has 3 aromatic rings. The van der Waals surface area contributed by atoms with Crippen LogP contribution < -0.4 is 4.74 Å². The fraction of sp³-hybridized carbons (Fsp3) is 0.364. The molecule has 0 aliphatic carbocycles. The predicted molar refractivity (Wildman–Crippen MR) is 117 cm³/mol. The van der Waals surface area contributed by atoms with Crippen LogP contribution in [0.1, 0.15) is 16.8 Å². The molecule has 1 saturated heterocycles. The summed E-state index contributed by atoms with van der Waals surface area (Å²) in [4.78, 5) is 8.86. The van der Waals surface area contributed by atoms with Gasteiger partial charge in [0.2, 0.25) is 0 Å². The smallest absolute Gasteiger partial charge is 0.147 e. The molecule has 1 aliphatic heterocycles. The molecule has 0 amide bonds. The third-order valence-corrected chi connectivity index (χ3v) is 5.43. The van der Waals surface area contributed by atoms with Gasteiger partial charge < -0.3 is 14.2 Å². The van der Waals surface area contributed by atoms with Crippen LogP contribution in [0, 0.1) is 12.7 Å². The Kier molecular flexibility index (Phi) is 6.17. The molecule has 1 aromatic heterocycles. The van der Waals surface area contributed by atoms with Crippen molar-refractivity contribution in [3.63, 3.8) is 0 Å². The number of halogens is 1. The topological polar surface area (TPSA) is 82.9 Å². The van der Waals surface area contributed by atoms with Crippen molar-refractivity contribution in [2.45, 2.75) is 19.4 Å². The molecular formula is C22H24FN3O4S. The van der Waals surface area contributed by atoms with Crippen molar-refractivity contribution < 1.29 is 22.8 Å². The minimum Gasteiger partial charge on any atom is -0.485 e. The number of ether oxygens (including phenoxy) is 3. The summed E-state index contributed by atoms with van der Waals surface area (Å²) in [5, 5.41) is 0.889. The molecule has 0 spiro atoms. The van der Waals surface area contributed by atoms with Crippen molar-refractivity contribution in [3.8, 4) is 5.75 Å². The summed E-state index contributed by atoms with van der Waals surface area (Å²) in [6, 6.07) is 8.16.